The normalized spacial score (nSPS) is 13.9. The van der Waals surface area contributed by atoms with Crippen molar-refractivity contribution in [1.82, 2.24) is 15.5 Å². The molecule has 0 saturated heterocycles. The van der Waals surface area contributed by atoms with Crippen molar-refractivity contribution >= 4 is 11.9 Å². The molecule has 5 nitrogen and oxygen atoms in total. The van der Waals surface area contributed by atoms with E-state index in [-0.39, 0.29) is 12.6 Å². The second-order valence-corrected chi connectivity index (χ2v) is 6.08. The molecule has 0 bridgehead atoms. The van der Waals surface area contributed by atoms with Gasteiger partial charge in [0.15, 0.2) is 5.96 Å². The van der Waals surface area contributed by atoms with E-state index in [1.165, 1.54) is 0 Å². The lowest BCUT2D eigenvalue weighted by molar-refractivity contribution is -0.157. The Morgan fingerprint density at radius 1 is 1.22 bits per heavy atom. The smallest absolute Gasteiger partial charge is 0.357 e. The molecule has 0 heterocycles. The zero-order valence-electron chi connectivity index (χ0n) is 14.6. The maximum absolute atomic E-state index is 12.3. The van der Waals surface area contributed by atoms with Crippen LogP contribution in [0.1, 0.15) is 40.5 Å². The van der Waals surface area contributed by atoms with Crippen LogP contribution in [0.4, 0.5) is 13.2 Å². The number of hydrogen-bond donors (Lipinski definition) is 2. The van der Waals surface area contributed by atoms with E-state index < -0.39 is 18.6 Å². The number of aliphatic imine (C=N–C) groups is 1. The summed E-state index contributed by atoms with van der Waals surface area (Å²) in [6.45, 7) is 7.19. The molecule has 0 aliphatic carbocycles. The minimum atomic E-state index is -4.40. The Bertz CT molecular complexity index is 383. The molecule has 23 heavy (non-hydrogen) atoms. The summed E-state index contributed by atoms with van der Waals surface area (Å²) in [5.74, 6) is 0.364. The summed E-state index contributed by atoms with van der Waals surface area (Å²) < 4.78 is 36.8. The monoisotopic (exact) mass is 338 g/mol. The summed E-state index contributed by atoms with van der Waals surface area (Å²) in [6, 6.07) is 0.165. The van der Waals surface area contributed by atoms with Crippen LogP contribution in [0, 0.1) is 5.92 Å². The summed E-state index contributed by atoms with van der Waals surface area (Å²) in [7, 11) is 1.12. The number of likely N-dealkylation sites (N-methyl/N-ethyl adjacent to an activating group) is 1. The van der Waals surface area contributed by atoms with Crippen molar-refractivity contribution < 1.29 is 18.0 Å². The lowest BCUT2D eigenvalue weighted by atomic mass is 10.0. The molecule has 0 aliphatic heterocycles. The molecule has 2 N–H and O–H groups in total. The van der Waals surface area contributed by atoms with Crippen LogP contribution < -0.4 is 10.6 Å². The number of carbonyl (C=O) groups excluding carboxylic acids is 1. The van der Waals surface area contributed by atoms with E-state index >= 15 is 0 Å². The number of alkyl halides is 3. The van der Waals surface area contributed by atoms with E-state index in [9.17, 15) is 18.0 Å². The van der Waals surface area contributed by atoms with Gasteiger partial charge in [0.05, 0.1) is 0 Å². The van der Waals surface area contributed by atoms with Crippen molar-refractivity contribution in [1.29, 1.82) is 0 Å². The molecule has 1 amide bonds. The number of amides is 1. The van der Waals surface area contributed by atoms with Crippen molar-refractivity contribution in [2.45, 2.75) is 52.8 Å². The summed E-state index contributed by atoms with van der Waals surface area (Å²) in [5, 5.41) is 6.15. The van der Waals surface area contributed by atoms with Crippen molar-refractivity contribution in [3.8, 4) is 0 Å². The fraction of sp³-hybridized carbons (Fsp3) is 0.867. The molecular weight excluding hydrogens is 309 g/mol. The van der Waals surface area contributed by atoms with Crippen molar-refractivity contribution in [3.05, 3.63) is 0 Å². The van der Waals surface area contributed by atoms with Crippen LogP contribution in [0.5, 0.6) is 0 Å². The molecule has 0 aliphatic rings. The van der Waals surface area contributed by atoms with E-state index in [1.807, 2.05) is 13.8 Å². The Kier molecular flexibility index (Phi) is 9.67. The highest BCUT2D eigenvalue weighted by Crippen LogP contribution is 2.15. The molecule has 0 aromatic carbocycles. The van der Waals surface area contributed by atoms with E-state index in [1.54, 1.807) is 0 Å². The fourth-order valence-electron chi connectivity index (χ4n) is 1.83. The van der Waals surface area contributed by atoms with Gasteiger partial charge in [-0.05, 0) is 32.6 Å². The lowest BCUT2D eigenvalue weighted by Gasteiger charge is -2.20. The molecular formula is C15H29F3N4O. The first-order valence-electron chi connectivity index (χ1n) is 7.90. The third kappa shape index (κ3) is 11.7. The molecule has 0 aromatic heterocycles. The first-order valence-corrected chi connectivity index (χ1v) is 7.90. The molecule has 1 atom stereocenters. The van der Waals surface area contributed by atoms with Gasteiger partial charge in [0.2, 0.25) is 5.91 Å². The summed E-state index contributed by atoms with van der Waals surface area (Å²) in [5.41, 5.74) is 0. The quantitative estimate of drug-likeness (QED) is 0.528. The molecule has 1 unspecified atom stereocenters. The molecule has 0 fully saturated rings. The van der Waals surface area contributed by atoms with E-state index in [0.29, 0.717) is 23.3 Å². The van der Waals surface area contributed by atoms with Crippen LogP contribution in [0.2, 0.25) is 0 Å². The first kappa shape index (κ1) is 21.5. The molecule has 0 radical (unpaired) electrons. The first-order chi connectivity index (χ1) is 10.5. The Labute approximate surface area is 136 Å². The third-order valence-corrected chi connectivity index (χ3v) is 3.12. The van der Waals surface area contributed by atoms with E-state index in [0.717, 1.165) is 19.9 Å². The molecule has 0 rings (SSSR count). The zero-order chi connectivity index (χ0) is 18.0. The predicted octanol–water partition coefficient (Wildman–Crippen LogP) is 2.39. The van der Waals surface area contributed by atoms with Gasteiger partial charge in [-0.2, -0.15) is 13.2 Å². The Balaban J connectivity index is 4.52. The van der Waals surface area contributed by atoms with Crippen molar-refractivity contribution in [3.63, 3.8) is 0 Å². The largest absolute Gasteiger partial charge is 0.406 e. The minimum Gasteiger partial charge on any atom is -0.357 e. The van der Waals surface area contributed by atoms with Crippen LogP contribution in [0.25, 0.3) is 0 Å². The Morgan fingerprint density at radius 3 is 2.30 bits per heavy atom. The predicted molar refractivity (Wildman–Crippen MR) is 86.3 cm³/mol. The van der Waals surface area contributed by atoms with E-state index in [2.05, 4.69) is 29.5 Å². The molecule has 8 heteroatoms. The van der Waals surface area contributed by atoms with Gasteiger partial charge in [-0.3, -0.25) is 4.79 Å². The fourth-order valence-corrected chi connectivity index (χ4v) is 1.83. The van der Waals surface area contributed by atoms with Crippen molar-refractivity contribution in [2.24, 2.45) is 10.9 Å². The second-order valence-electron chi connectivity index (χ2n) is 6.08. The summed E-state index contributed by atoms with van der Waals surface area (Å²) in [6.07, 6.45) is -2.40. The van der Waals surface area contributed by atoms with Crippen LogP contribution in [0.15, 0.2) is 4.99 Å². The standard InChI is InChI=1S/C15H29F3N4O/c1-6-19-14(21-12(4)8-7-11(2)3)20-9-13(23)22(5)10-15(16,17)18/h11-12H,6-10H2,1-5H3,(H2,19,20,21). The number of nitrogens with zero attached hydrogens (tertiary/aromatic N) is 2. The van der Waals surface area contributed by atoms with Crippen molar-refractivity contribution in [2.75, 3.05) is 26.7 Å². The number of guanidine groups is 1. The minimum absolute atomic E-state index is 0.165. The van der Waals surface area contributed by atoms with Gasteiger partial charge in [-0.25, -0.2) is 4.99 Å². The average molecular weight is 338 g/mol. The number of rotatable bonds is 8. The number of halogens is 3. The van der Waals surface area contributed by atoms with Gasteiger partial charge in [-0.1, -0.05) is 13.8 Å². The summed E-state index contributed by atoms with van der Waals surface area (Å²) in [4.78, 5) is 16.4. The highest BCUT2D eigenvalue weighted by Gasteiger charge is 2.31. The summed E-state index contributed by atoms with van der Waals surface area (Å²) >= 11 is 0. The SMILES string of the molecule is CCNC(=NCC(=O)N(C)CC(F)(F)F)NC(C)CCC(C)C. The lowest BCUT2D eigenvalue weighted by Crippen LogP contribution is -2.43. The molecule has 0 saturated carbocycles. The number of nitrogens with one attached hydrogen (secondary N) is 2. The Morgan fingerprint density at radius 2 is 1.83 bits per heavy atom. The van der Waals surface area contributed by atoms with Crippen LogP contribution in [-0.2, 0) is 4.79 Å². The van der Waals surface area contributed by atoms with Gasteiger partial charge in [-0.15, -0.1) is 0 Å². The highest BCUT2D eigenvalue weighted by molar-refractivity contribution is 5.85. The number of hydrogen-bond acceptors (Lipinski definition) is 2. The van der Waals surface area contributed by atoms with Gasteiger partial charge in [0.1, 0.15) is 13.1 Å². The van der Waals surface area contributed by atoms with Crippen LogP contribution in [-0.4, -0.2) is 55.7 Å². The van der Waals surface area contributed by atoms with Gasteiger partial charge >= 0.3 is 6.18 Å². The molecule has 136 valence electrons. The van der Waals surface area contributed by atoms with Crippen LogP contribution >= 0.6 is 0 Å². The zero-order valence-corrected chi connectivity index (χ0v) is 14.6. The van der Waals surface area contributed by atoms with Gasteiger partial charge in [0.25, 0.3) is 0 Å². The van der Waals surface area contributed by atoms with Gasteiger partial charge in [0, 0.05) is 19.6 Å². The highest BCUT2D eigenvalue weighted by atomic mass is 19.4. The molecule has 0 aromatic rings. The topological polar surface area (TPSA) is 56.7 Å². The van der Waals surface area contributed by atoms with Gasteiger partial charge < -0.3 is 15.5 Å². The molecule has 0 spiro atoms. The second kappa shape index (κ2) is 10.3. The average Bonchev–Trinajstić information content (AvgIpc) is 2.40. The maximum atomic E-state index is 12.3. The van der Waals surface area contributed by atoms with Crippen LogP contribution in [0.3, 0.4) is 0 Å². The third-order valence-electron chi connectivity index (χ3n) is 3.12. The Hall–Kier alpha value is -1.47. The number of carbonyl (C=O) groups is 1. The maximum Gasteiger partial charge on any atom is 0.406 e. The van der Waals surface area contributed by atoms with E-state index in [4.69, 9.17) is 0 Å².